The number of Topliss-reactive ketones (excluding diaryl/α,β-unsaturated/α-hetero) is 1. The highest BCUT2D eigenvalue weighted by atomic mass is 16.5. The zero-order chi connectivity index (χ0) is 24.6. The molecule has 1 aromatic heterocycles. The molecular weight excluding hydrogens is 438 g/mol. The number of fused-ring (bicyclic) bond motifs is 1. The van der Waals surface area contributed by atoms with Crippen molar-refractivity contribution in [1.29, 1.82) is 5.26 Å². The summed E-state index contributed by atoms with van der Waals surface area (Å²) in [7, 11) is 0. The highest BCUT2D eigenvalue weighted by molar-refractivity contribution is 5.91. The van der Waals surface area contributed by atoms with E-state index in [0.717, 1.165) is 22.9 Å². The van der Waals surface area contributed by atoms with Gasteiger partial charge in [-0.15, -0.1) is 0 Å². The summed E-state index contributed by atoms with van der Waals surface area (Å²) in [6.07, 6.45) is 3.09. The minimum absolute atomic E-state index is 0.0710. The van der Waals surface area contributed by atoms with Crippen LogP contribution in [-0.2, 0) is 17.6 Å². The van der Waals surface area contributed by atoms with Crippen molar-refractivity contribution in [2.75, 3.05) is 6.61 Å². The van der Waals surface area contributed by atoms with Gasteiger partial charge in [0.25, 0.3) is 0 Å². The first-order valence-corrected chi connectivity index (χ1v) is 11.3. The van der Waals surface area contributed by atoms with E-state index in [1.165, 1.54) is 0 Å². The highest BCUT2D eigenvalue weighted by Gasteiger charge is 2.12. The maximum Gasteiger partial charge on any atom is 0.229 e. The number of nitriles is 1. The van der Waals surface area contributed by atoms with Gasteiger partial charge in [0.1, 0.15) is 23.0 Å². The first-order valence-electron chi connectivity index (χ1n) is 11.3. The average molecular weight is 462 g/mol. The lowest BCUT2D eigenvalue weighted by atomic mass is 10.0. The molecule has 0 spiro atoms. The largest absolute Gasteiger partial charge is 0.505 e. The van der Waals surface area contributed by atoms with E-state index in [1.807, 2.05) is 37.3 Å². The number of ketones is 1. The van der Waals surface area contributed by atoms with Crippen molar-refractivity contribution < 1.29 is 14.3 Å². The van der Waals surface area contributed by atoms with Crippen molar-refractivity contribution >= 4 is 22.4 Å². The number of rotatable bonds is 9. The quantitative estimate of drug-likeness (QED) is 0.263. The smallest absolute Gasteiger partial charge is 0.229 e. The second kappa shape index (κ2) is 11.0. The van der Waals surface area contributed by atoms with E-state index < -0.39 is 0 Å². The Hall–Kier alpha value is -4.68. The molecule has 0 saturated heterocycles. The van der Waals surface area contributed by atoms with E-state index >= 15 is 0 Å². The van der Waals surface area contributed by atoms with Crippen LogP contribution in [0.4, 0.5) is 5.69 Å². The van der Waals surface area contributed by atoms with Crippen LogP contribution in [0.3, 0.4) is 0 Å². The predicted molar refractivity (Wildman–Crippen MR) is 134 cm³/mol. The fourth-order valence-electron chi connectivity index (χ4n) is 3.71. The molecule has 0 amide bonds. The molecule has 0 aliphatic rings. The molecule has 0 unspecified atom stereocenters. The lowest BCUT2D eigenvalue weighted by Crippen LogP contribution is -2.06. The lowest BCUT2D eigenvalue weighted by Gasteiger charge is -2.12. The summed E-state index contributed by atoms with van der Waals surface area (Å²) in [5.74, 6) is 1.79. The Kier molecular flexibility index (Phi) is 7.35. The van der Waals surface area contributed by atoms with Crippen LogP contribution in [0.1, 0.15) is 30.0 Å². The van der Waals surface area contributed by atoms with Gasteiger partial charge >= 0.3 is 0 Å². The van der Waals surface area contributed by atoms with Crippen molar-refractivity contribution in [3.8, 4) is 23.3 Å². The van der Waals surface area contributed by atoms with Gasteiger partial charge in [-0.3, -0.25) is 9.78 Å². The summed E-state index contributed by atoms with van der Waals surface area (Å²) >= 11 is 0. The van der Waals surface area contributed by atoms with Crippen LogP contribution in [0.25, 0.3) is 15.7 Å². The van der Waals surface area contributed by atoms with E-state index in [2.05, 4.69) is 15.9 Å². The molecule has 0 bridgehead atoms. The molecular formula is C29H23N3O3. The normalized spacial score (nSPS) is 10.4. The number of aromatic nitrogens is 1. The molecule has 0 aliphatic heterocycles. The van der Waals surface area contributed by atoms with E-state index in [0.29, 0.717) is 47.0 Å². The number of ether oxygens (including phenoxy) is 2. The van der Waals surface area contributed by atoms with E-state index in [1.54, 1.807) is 42.6 Å². The summed E-state index contributed by atoms with van der Waals surface area (Å²) in [6, 6.07) is 21.8. The Balaban J connectivity index is 1.47. The van der Waals surface area contributed by atoms with Gasteiger partial charge in [-0.25, -0.2) is 4.85 Å². The zero-order valence-electron chi connectivity index (χ0n) is 19.3. The van der Waals surface area contributed by atoms with Gasteiger partial charge in [-0.1, -0.05) is 31.2 Å². The summed E-state index contributed by atoms with van der Waals surface area (Å²) in [4.78, 5) is 20.5. The van der Waals surface area contributed by atoms with Crippen LogP contribution < -0.4 is 9.47 Å². The van der Waals surface area contributed by atoms with E-state index in [4.69, 9.17) is 21.3 Å². The molecule has 6 heteroatoms. The van der Waals surface area contributed by atoms with Crippen LogP contribution in [-0.4, -0.2) is 17.4 Å². The Bertz CT molecular complexity index is 1450. The average Bonchev–Trinajstić information content (AvgIpc) is 2.88. The summed E-state index contributed by atoms with van der Waals surface area (Å²) < 4.78 is 11.8. The Morgan fingerprint density at radius 1 is 1.03 bits per heavy atom. The Morgan fingerprint density at radius 3 is 2.57 bits per heavy atom. The number of benzene rings is 3. The minimum atomic E-state index is 0.0710. The molecule has 0 radical (unpaired) electrons. The second-order valence-corrected chi connectivity index (χ2v) is 8.06. The third kappa shape index (κ3) is 5.82. The zero-order valence-corrected chi connectivity index (χ0v) is 19.3. The highest BCUT2D eigenvalue weighted by Crippen LogP contribution is 2.37. The summed E-state index contributed by atoms with van der Waals surface area (Å²) in [6.45, 7) is 10.0. The number of carbonyl (C=O) groups excluding carboxylic acids is 1. The standard InChI is InChI=1S/C29H23N3O3/c1-3-13-34-29-18-26-25(17-27(29)31-2)28(11-12-32-26)35-24-9-7-20(8-10-24)15-23(33)16-21-5-4-6-22(14-21)19-30/h4-12,14,17-18H,3,13,15-16H2,1H3. The monoisotopic (exact) mass is 461 g/mol. The van der Waals surface area contributed by atoms with Gasteiger partial charge in [-0.05, 0) is 60.0 Å². The molecule has 0 aliphatic carbocycles. The van der Waals surface area contributed by atoms with Crippen LogP contribution in [0.2, 0.25) is 0 Å². The number of nitrogens with zero attached hydrogens (tertiary/aromatic N) is 3. The molecule has 0 fully saturated rings. The first kappa shape index (κ1) is 23.5. The number of hydrogen-bond acceptors (Lipinski definition) is 5. The number of pyridine rings is 1. The topological polar surface area (TPSA) is 76.6 Å². The van der Waals surface area contributed by atoms with Gasteiger partial charge in [0.15, 0.2) is 0 Å². The van der Waals surface area contributed by atoms with Crippen molar-refractivity contribution in [3.05, 3.63) is 101 Å². The van der Waals surface area contributed by atoms with Crippen molar-refractivity contribution in [2.24, 2.45) is 0 Å². The molecule has 3 aromatic carbocycles. The molecule has 4 aromatic rings. The maximum atomic E-state index is 12.5. The van der Waals surface area contributed by atoms with E-state index in [9.17, 15) is 4.79 Å². The predicted octanol–water partition coefficient (Wildman–Crippen LogP) is 6.59. The molecule has 0 atom stereocenters. The third-order valence-corrected chi connectivity index (χ3v) is 5.37. The molecule has 6 nitrogen and oxygen atoms in total. The fraction of sp³-hybridized carbons (Fsp3) is 0.172. The minimum Gasteiger partial charge on any atom is -0.505 e. The molecule has 4 rings (SSSR count). The van der Waals surface area contributed by atoms with Crippen molar-refractivity contribution in [1.82, 2.24) is 4.98 Å². The Labute approximate surface area is 204 Å². The molecule has 1 heterocycles. The fourth-order valence-corrected chi connectivity index (χ4v) is 3.71. The van der Waals surface area contributed by atoms with Gasteiger partial charge in [0.2, 0.25) is 5.69 Å². The van der Waals surface area contributed by atoms with Crippen LogP contribution in [0.15, 0.2) is 72.9 Å². The third-order valence-electron chi connectivity index (χ3n) is 5.37. The van der Waals surface area contributed by atoms with Crippen LogP contribution in [0, 0.1) is 17.9 Å². The number of hydrogen-bond donors (Lipinski definition) is 0. The lowest BCUT2D eigenvalue weighted by molar-refractivity contribution is -0.117. The summed E-state index contributed by atoms with van der Waals surface area (Å²) in [5.41, 5.74) is 3.36. The number of carbonyl (C=O) groups is 1. The summed E-state index contributed by atoms with van der Waals surface area (Å²) in [5, 5.41) is 9.75. The van der Waals surface area contributed by atoms with Crippen LogP contribution in [0.5, 0.6) is 17.2 Å². The molecule has 172 valence electrons. The first-order chi connectivity index (χ1) is 17.1. The van der Waals surface area contributed by atoms with Crippen molar-refractivity contribution in [3.63, 3.8) is 0 Å². The molecule has 35 heavy (non-hydrogen) atoms. The SMILES string of the molecule is [C-]#[N+]c1cc2c(Oc3ccc(CC(=O)Cc4cccc(C#N)c4)cc3)ccnc2cc1OCCC. The van der Waals surface area contributed by atoms with Gasteiger partial charge in [0, 0.05) is 24.4 Å². The Morgan fingerprint density at radius 2 is 1.83 bits per heavy atom. The second-order valence-electron chi connectivity index (χ2n) is 8.06. The van der Waals surface area contributed by atoms with Gasteiger partial charge in [-0.2, -0.15) is 5.26 Å². The van der Waals surface area contributed by atoms with Gasteiger partial charge in [0.05, 0.1) is 30.3 Å². The van der Waals surface area contributed by atoms with Crippen LogP contribution >= 0.6 is 0 Å². The van der Waals surface area contributed by atoms with Gasteiger partial charge < -0.3 is 9.47 Å². The van der Waals surface area contributed by atoms with E-state index in [-0.39, 0.29) is 12.2 Å². The maximum absolute atomic E-state index is 12.5. The molecule has 0 saturated carbocycles. The van der Waals surface area contributed by atoms with Crippen molar-refractivity contribution in [2.45, 2.75) is 26.2 Å². The molecule has 0 N–H and O–H groups in total.